The Morgan fingerprint density at radius 2 is 1.87 bits per heavy atom. The fraction of sp³-hybridized carbons (Fsp3) is 0.909. The summed E-state index contributed by atoms with van der Waals surface area (Å²) in [7, 11) is 1.63. The quantitative estimate of drug-likeness (QED) is 0.715. The number of hydrogen-bond acceptors (Lipinski definition) is 1. The predicted octanol–water partition coefficient (Wildman–Crippen LogP) is 3.56. The summed E-state index contributed by atoms with van der Waals surface area (Å²) in [5.74, 6) is 0. The van der Waals surface area contributed by atoms with Crippen LogP contribution in [0.5, 0.6) is 0 Å². The molecule has 0 saturated carbocycles. The van der Waals surface area contributed by atoms with Crippen LogP contribution in [0.15, 0.2) is 0 Å². The molecular weight excluding hydrogens is 214 g/mol. The Bertz CT molecular complexity index is 205. The van der Waals surface area contributed by atoms with E-state index < -0.39 is 6.09 Å². The number of halogens is 1. The normalized spacial score (nSPS) is 13.7. The largest absolute Gasteiger partial charge is 0.465 e. The Labute approximate surface area is 97.4 Å². The van der Waals surface area contributed by atoms with Gasteiger partial charge in [-0.2, -0.15) is 0 Å². The highest BCUT2D eigenvalue weighted by molar-refractivity contribution is 6.20. The molecule has 90 valence electrons. The molecule has 1 N–H and O–H groups in total. The minimum atomic E-state index is -0.876. The smallest absolute Gasteiger partial charge is 0.407 e. The Morgan fingerprint density at radius 1 is 1.40 bits per heavy atom. The van der Waals surface area contributed by atoms with Crippen molar-refractivity contribution in [2.45, 2.75) is 57.4 Å². The molecule has 0 aromatic rings. The van der Waals surface area contributed by atoms with Crippen LogP contribution in [0.4, 0.5) is 4.79 Å². The number of nitrogens with zero attached hydrogens (tertiary/aromatic N) is 1. The molecule has 0 aliphatic heterocycles. The second-order valence-corrected chi connectivity index (χ2v) is 4.60. The van der Waals surface area contributed by atoms with Crippen LogP contribution in [-0.4, -0.2) is 34.1 Å². The molecule has 3 nitrogen and oxygen atoms in total. The maximum atomic E-state index is 11.0. The zero-order chi connectivity index (χ0) is 12.1. The van der Waals surface area contributed by atoms with E-state index in [1.54, 1.807) is 7.05 Å². The van der Waals surface area contributed by atoms with Gasteiger partial charge in [-0.25, -0.2) is 4.79 Å². The Morgan fingerprint density at radius 3 is 2.13 bits per heavy atom. The van der Waals surface area contributed by atoms with Gasteiger partial charge in [-0.15, -0.1) is 11.6 Å². The highest BCUT2D eigenvalue weighted by atomic mass is 35.5. The van der Waals surface area contributed by atoms with E-state index in [0.29, 0.717) is 0 Å². The standard InChI is InChI=1S/C11H22ClNO2/c1-5-9(12)8-11(6-2,7-3)13(4)10(14)15/h9H,5-8H2,1-4H3,(H,14,15). The van der Waals surface area contributed by atoms with Gasteiger partial charge in [0.05, 0.1) is 0 Å². The lowest BCUT2D eigenvalue weighted by Crippen LogP contribution is -2.49. The maximum Gasteiger partial charge on any atom is 0.407 e. The maximum absolute atomic E-state index is 11.0. The van der Waals surface area contributed by atoms with Crippen molar-refractivity contribution >= 4 is 17.7 Å². The van der Waals surface area contributed by atoms with Gasteiger partial charge < -0.3 is 10.0 Å². The molecule has 0 aliphatic carbocycles. The summed E-state index contributed by atoms with van der Waals surface area (Å²) in [6, 6.07) is 0. The van der Waals surface area contributed by atoms with Crippen LogP contribution in [0.2, 0.25) is 0 Å². The Hall–Kier alpha value is -0.440. The highest BCUT2D eigenvalue weighted by Gasteiger charge is 2.35. The van der Waals surface area contributed by atoms with Crippen molar-refractivity contribution in [3.05, 3.63) is 0 Å². The molecule has 1 atom stereocenters. The van der Waals surface area contributed by atoms with Gasteiger partial charge in [0, 0.05) is 18.0 Å². The molecule has 1 unspecified atom stereocenters. The number of amides is 1. The molecule has 0 aromatic carbocycles. The number of alkyl halides is 1. The zero-order valence-corrected chi connectivity index (χ0v) is 10.8. The average molecular weight is 236 g/mol. The van der Waals surface area contributed by atoms with Crippen molar-refractivity contribution in [3.63, 3.8) is 0 Å². The summed E-state index contributed by atoms with van der Waals surface area (Å²) in [6.07, 6.45) is 2.32. The van der Waals surface area contributed by atoms with Gasteiger partial charge in [0.1, 0.15) is 0 Å². The molecule has 0 heterocycles. The van der Waals surface area contributed by atoms with E-state index >= 15 is 0 Å². The van der Waals surface area contributed by atoms with Crippen LogP contribution < -0.4 is 0 Å². The van der Waals surface area contributed by atoms with E-state index in [0.717, 1.165) is 25.7 Å². The topological polar surface area (TPSA) is 40.5 Å². The summed E-state index contributed by atoms with van der Waals surface area (Å²) in [6.45, 7) is 6.05. The first-order chi connectivity index (χ1) is 6.93. The van der Waals surface area contributed by atoms with Crippen LogP contribution in [0, 0.1) is 0 Å². The molecule has 1 amide bonds. The van der Waals surface area contributed by atoms with E-state index in [-0.39, 0.29) is 10.9 Å². The third-order valence-corrected chi connectivity index (χ3v) is 3.82. The lowest BCUT2D eigenvalue weighted by molar-refractivity contribution is 0.0804. The van der Waals surface area contributed by atoms with Crippen LogP contribution in [0.3, 0.4) is 0 Å². The van der Waals surface area contributed by atoms with Crippen molar-refractivity contribution in [1.82, 2.24) is 4.90 Å². The lowest BCUT2D eigenvalue weighted by Gasteiger charge is -2.40. The monoisotopic (exact) mass is 235 g/mol. The minimum Gasteiger partial charge on any atom is -0.465 e. The molecule has 0 aliphatic rings. The second-order valence-electron chi connectivity index (χ2n) is 3.98. The van der Waals surface area contributed by atoms with E-state index in [4.69, 9.17) is 16.7 Å². The van der Waals surface area contributed by atoms with E-state index in [9.17, 15) is 4.79 Å². The van der Waals surface area contributed by atoms with E-state index in [1.165, 1.54) is 4.90 Å². The van der Waals surface area contributed by atoms with Crippen molar-refractivity contribution in [1.29, 1.82) is 0 Å². The molecule has 0 radical (unpaired) electrons. The first-order valence-electron chi connectivity index (χ1n) is 5.54. The summed E-state index contributed by atoms with van der Waals surface area (Å²) < 4.78 is 0. The molecule has 15 heavy (non-hydrogen) atoms. The predicted molar refractivity (Wildman–Crippen MR) is 63.6 cm³/mol. The van der Waals surface area contributed by atoms with Crippen LogP contribution in [0.1, 0.15) is 46.5 Å². The van der Waals surface area contributed by atoms with Crippen LogP contribution >= 0.6 is 11.6 Å². The van der Waals surface area contributed by atoms with E-state index in [2.05, 4.69) is 0 Å². The van der Waals surface area contributed by atoms with Crippen LogP contribution in [0.25, 0.3) is 0 Å². The highest BCUT2D eigenvalue weighted by Crippen LogP contribution is 2.30. The van der Waals surface area contributed by atoms with Crippen molar-refractivity contribution in [2.75, 3.05) is 7.05 Å². The van der Waals surface area contributed by atoms with Gasteiger partial charge in [0.15, 0.2) is 0 Å². The second kappa shape index (κ2) is 6.21. The van der Waals surface area contributed by atoms with Crippen LogP contribution in [-0.2, 0) is 0 Å². The van der Waals surface area contributed by atoms with Gasteiger partial charge in [0.2, 0.25) is 0 Å². The number of carbonyl (C=O) groups is 1. The van der Waals surface area contributed by atoms with Gasteiger partial charge in [-0.3, -0.25) is 0 Å². The van der Waals surface area contributed by atoms with Gasteiger partial charge in [0.25, 0.3) is 0 Å². The first kappa shape index (κ1) is 14.6. The Balaban J connectivity index is 4.78. The Kier molecular flexibility index (Phi) is 6.03. The first-order valence-corrected chi connectivity index (χ1v) is 5.98. The fourth-order valence-corrected chi connectivity index (χ4v) is 2.20. The number of carboxylic acid groups (broad SMARTS) is 1. The third kappa shape index (κ3) is 3.56. The third-order valence-electron chi connectivity index (χ3n) is 3.36. The SMILES string of the molecule is CCC(Cl)CC(CC)(CC)N(C)C(=O)O. The fourth-order valence-electron chi connectivity index (χ4n) is 1.91. The van der Waals surface area contributed by atoms with Crippen molar-refractivity contribution in [2.24, 2.45) is 0 Å². The van der Waals surface area contributed by atoms with Crippen molar-refractivity contribution in [3.8, 4) is 0 Å². The van der Waals surface area contributed by atoms with Gasteiger partial charge >= 0.3 is 6.09 Å². The lowest BCUT2D eigenvalue weighted by atomic mass is 9.85. The van der Waals surface area contributed by atoms with Gasteiger partial charge in [-0.1, -0.05) is 20.8 Å². The van der Waals surface area contributed by atoms with Gasteiger partial charge in [-0.05, 0) is 25.7 Å². The zero-order valence-electron chi connectivity index (χ0n) is 10.1. The minimum absolute atomic E-state index is 0.0479. The van der Waals surface area contributed by atoms with E-state index in [1.807, 2.05) is 20.8 Å². The summed E-state index contributed by atoms with van der Waals surface area (Å²) >= 11 is 6.14. The van der Waals surface area contributed by atoms with Crippen molar-refractivity contribution < 1.29 is 9.90 Å². The molecule has 0 saturated heterocycles. The summed E-state index contributed by atoms with van der Waals surface area (Å²) in [4.78, 5) is 12.4. The molecule has 0 bridgehead atoms. The number of hydrogen-bond donors (Lipinski definition) is 1. The molecular formula is C11H22ClNO2. The summed E-state index contributed by atoms with van der Waals surface area (Å²) in [5, 5.41) is 9.10. The number of rotatable bonds is 6. The molecule has 0 rings (SSSR count). The molecule has 0 spiro atoms. The molecule has 0 aromatic heterocycles. The average Bonchev–Trinajstić information content (AvgIpc) is 2.24. The summed E-state index contributed by atoms with van der Waals surface area (Å²) in [5.41, 5.74) is -0.311. The molecule has 4 heteroatoms. The molecule has 0 fully saturated rings.